The van der Waals surface area contributed by atoms with E-state index in [0.29, 0.717) is 13.1 Å². The van der Waals surface area contributed by atoms with Gasteiger partial charge in [-0.1, -0.05) is 12.1 Å². The van der Waals surface area contributed by atoms with E-state index in [1.807, 2.05) is 13.8 Å². The second-order valence-corrected chi connectivity index (χ2v) is 6.84. The number of aliphatic imine (C=N–C) groups is 1. The number of fused-ring (bicyclic) bond motifs is 1. The Balaban J connectivity index is 0.00000261. The van der Waals surface area contributed by atoms with Gasteiger partial charge in [-0.05, 0) is 38.8 Å². The van der Waals surface area contributed by atoms with Crippen molar-refractivity contribution in [3.8, 4) is 5.75 Å². The molecular weight excluding hydrogens is 455 g/mol. The van der Waals surface area contributed by atoms with Gasteiger partial charge in [0.05, 0.1) is 12.6 Å². The van der Waals surface area contributed by atoms with Crippen LogP contribution in [0.15, 0.2) is 23.2 Å². The van der Waals surface area contributed by atoms with Crippen LogP contribution in [0.25, 0.3) is 0 Å². The number of nitrogens with one attached hydrogen (secondary N) is 2. The van der Waals surface area contributed by atoms with Crippen molar-refractivity contribution in [2.24, 2.45) is 4.99 Å². The third-order valence-corrected chi connectivity index (χ3v) is 4.36. The number of nitrogens with zero attached hydrogens (tertiary/aromatic N) is 4. The molecule has 1 aromatic carbocycles. The average molecular weight is 484 g/mol. The SMILES string of the molecule is CN=C(NCc1ccc(C)cc1OC(C)C)NCc1nnc2n1CCC2.I. The van der Waals surface area contributed by atoms with E-state index in [2.05, 4.69) is 55.5 Å². The van der Waals surface area contributed by atoms with Crippen LogP contribution in [0.4, 0.5) is 0 Å². The lowest BCUT2D eigenvalue weighted by atomic mass is 10.1. The number of ether oxygens (including phenoxy) is 1. The van der Waals surface area contributed by atoms with Crippen LogP contribution >= 0.6 is 24.0 Å². The number of hydrogen-bond acceptors (Lipinski definition) is 4. The Kier molecular flexibility index (Phi) is 7.88. The summed E-state index contributed by atoms with van der Waals surface area (Å²) in [6.07, 6.45) is 2.31. The fraction of sp³-hybridized carbons (Fsp3) is 0.526. The molecule has 8 heteroatoms. The highest BCUT2D eigenvalue weighted by Crippen LogP contribution is 2.21. The van der Waals surface area contributed by atoms with E-state index in [4.69, 9.17) is 4.74 Å². The molecule has 0 spiro atoms. The molecule has 7 nitrogen and oxygen atoms in total. The Bertz CT molecular complexity index is 787. The maximum atomic E-state index is 5.94. The standard InChI is InChI=1S/C19H28N6O.HI/c1-13(2)26-16-10-14(3)7-8-15(16)11-21-19(20-4)22-12-18-24-23-17-6-5-9-25(17)18;/h7-8,10,13H,5-6,9,11-12H2,1-4H3,(H2,20,21,22);1H. The number of hydrogen-bond donors (Lipinski definition) is 2. The smallest absolute Gasteiger partial charge is 0.191 e. The van der Waals surface area contributed by atoms with Crippen molar-refractivity contribution in [1.29, 1.82) is 0 Å². The molecule has 2 aromatic rings. The Hall–Kier alpha value is -1.84. The molecule has 0 radical (unpaired) electrons. The third-order valence-electron chi connectivity index (χ3n) is 4.36. The predicted octanol–water partition coefficient (Wildman–Crippen LogP) is 2.80. The molecule has 148 valence electrons. The van der Waals surface area contributed by atoms with Gasteiger partial charge in [-0.2, -0.15) is 0 Å². The van der Waals surface area contributed by atoms with Gasteiger partial charge in [-0.15, -0.1) is 34.2 Å². The fourth-order valence-corrected chi connectivity index (χ4v) is 3.08. The highest BCUT2D eigenvalue weighted by Gasteiger charge is 2.17. The van der Waals surface area contributed by atoms with Gasteiger partial charge in [0.2, 0.25) is 0 Å². The Morgan fingerprint density at radius 2 is 2.04 bits per heavy atom. The molecule has 0 aliphatic carbocycles. The van der Waals surface area contributed by atoms with E-state index >= 15 is 0 Å². The van der Waals surface area contributed by atoms with E-state index in [9.17, 15) is 0 Å². The fourth-order valence-electron chi connectivity index (χ4n) is 3.08. The first-order valence-corrected chi connectivity index (χ1v) is 9.18. The van der Waals surface area contributed by atoms with Crippen molar-refractivity contribution >= 4 is 29.9 Å². The van der Waals surface area contributed by atoms with E-state index in [1.54, 1.807) is 7.05 Å². The Labute approximate surface area is 178 Å². The maximum Gasteiger partial charge on any atom is 0.191 e. The lowest BCUT2D eigenvalue weighted by molar-refractivity contribution is 0.239. The number of halogens is 1. The summed E-state index contributed by atoms with van der Waals surface area (Å²) in [6.45, 7) is 8.40. The third kappa shape index (κ3) is 5.57. The normalized spacial score (nSPS) is 13.3. The van der Waals surface area contributed by atoms with Gasteiger partial charge in [0.15, 0.2) is 11.8 Å². The zero-order valence-corrected chi connectivity index (χ0v) is 18.8. The van der Waals surface area contributed by atoms with Crippen molar-refractivity contribution in [2.75, 3.05) is 7.05 Å². The first kappa shape index (κ1) is 21.5. The minimum Gasteiger partial charge on any atom is -0.491 e. The predicted molar refractivity (Wildman–Crippen MR) is 118 cm³/mol. The summed E-state index contributed by atoms with van der Waals surface area (Å²) in [5.41, 5.74) is 2.29. The lowest BCUT2D eigenvalue weighted by Gasteiger charge is -2.17. The van der Waals surface area contributed by atoms with E-state index < -0.39 is 0 Å². The average Bonchev–Trinajstić information content (AvgIpc) is 3.20. The second-order valence-electron chi connectivity index (χ2n) is 6.84. The number of benzene rings is 1. The molecule has 0 saturated carbocycles. The summed E-state index contributed by atoms with van der Waals surface area (Å²) in [5, 5.41) is 15.2. The molecule has 2 N–H and O–H groups in total. The molecule has 2 heterocycles. The van der Waals surface area contributed by atoms with Gasteiger partial charge in [-0.3, -0.25) is 4.99 Å². The van der Waals surface area contributed by atoms with E-state index in [0.717, 1.165) is 48.3 Å². The molecule has 0 fully saturated rings. The van der Waals surface area contributed by atoms with Crippen LogP contribution in [-0.2, 0) is 26.1 Å². The summed E-state index contributed by atoms with van der Waals surface area (Å²) in [6, 6.07) is 6.27. The van der Waals surface area contributed by atoms with Gasteiger partial charge < -0.3 is 19.9 Å². The molecule has 0 saturated heterocycles. The van der Waals surface area contributed by atoms with Gasteiger partial charge in [0, 0.05) is 32.1 Å². The Morgan fingerprint density at radius 1 is 1.26 bits per heavy atom. The molecule has 1 aliphatic rings. The van der Waals surface area contributed by atoms with Crippen molar-refractivity contribution in [3.05, 3.63) is 41.0 Å². The number of aromatic nitrogens is 3. The second kappa shape index (κ2) is 9.91. The highest BCUT2D eigenvalue weighted by atomic mass is 127. The van der Waals surface area contributed by atoms with Gasteiger partial charge in [0.25, 0.3) is 0 Å². The molecule has 1 aliphatic heterocycles. The molecule has 1 aromatic heterocycles. The van der Waals surface area contributed by atoms with Crippen LogP contribution in [0, 0.1) is 6.92 Å². The molecule has 0 atom stereocenters. The first-order valence-electron chi connectivity index (χ1n) is 9.18. The quantitative estimate of drug-likeness (QED) is 0.375. The van der Waals surface area contributed by atoms with Crippen LogP contribution in [0.1, 0.15) is 43.0 Å². The molecule has 0 unspecified atom stereocenters. The summed E-state index contributed by atoms with van der Waals surface area (Å²) >= 11 is 0. The van der Waals surface area contributed by atoms with Crippen molar-refractivity contribution in [2.45, 2.75) is 59.4 Å². The zero-order chi connectivity index (χ0) is 18.5. The minimum absolute atomic E-state index is 0. The van der Waals surface area contributed by atoms with Crippen molar-refractivity contribution in [3.63, 3.8) is 0 Å². The first-order chi connectivity index (χ1) is 12.6. The van der Waals surface area contributed by atoms with Crippen LogP contribution in [0.2, 0.25) is 0 Å². The summed E-state index contributed by atoms with van der Waals surface area (Å²) in [4.78, 5) is 4.30. The molecule has 0 amide bonds. The minimum atomic E-state index is 0. The van der Waals surface area contributed by atoms with Crippen molar-refractivity contribution < 1.29 is 4.74 Å². The van der Waals surface area contributed by atoms with Crippen LogP contribution in [0.3, 0.4) is 0 Å². The van der Waals surface area contributed by atoms with Crippen LogP contribution < -0.4 is 15.4 Å². The highest BCUT2D eigenvalue weighted by molar-refractivity contribution is 14.0. The monoisotopic (exact) mass is 484 g/mol. The number of guanidine groups is 1. The lowest BCUT2D eigenvalue weighted by Crippen LogP contribution is -2.37. The van der Waals surface area contributed by atoms with E-state index in [1.165, 1.54) is 5.56 Å². The molecule has 0 bridgehead atoms. The zero-order valence-electron chi connectivity index (χ0n) is 16.5. The largest absolute Gasteiger partial charge is 0.491 e. The Morgan fingerprint density at radius 3 is 2.78 bits per heavy atom. The van der Waals surface area contributed by atoms with Gasteiger partial charge in [0.1, 0.15) is 11.6 Å². The van der Waals surface area contributed by atoms with Crippen molar-refractivity contribution in [1.82, 2.24) is 25.4 Å². The summed E-state index contributed by atoms with van der Waals surface area (Å²) in [7, 11) is 1.77. The molecule has 3 rings (SSSR count). The number of rotatable bonds is 6. The topological polar surface area (TPSA) is 76.4 Å². The summed E-state index contributed by atoms with van der Waals surface area (Å²) in [5.74, 6) is 3.69. The van der Waals surface area contributed by atoms with Crippen LogP contribution in [-0.4, -0.2) is 33.9 Å². The molecule has 27 heavy (non-hydrogen) atoms. The number of aryl methyl sites for hydroxylation is 2. The molecular formula is C19H29IN6O. The van der Waals surface area contributed by atoms with Gasteiger partial charge in [-0.25, -0.2) is 0 Å². The van der Waals surface area contributed by atoms with Gasteiger partial charge >= 0.3 is 0 Å². The summed E-state index contributed by atoms with van der Waals surface area (Å²) < 4.78 is 8.13. The van der Waals surface area contributed by atoms with Crippen LogP contribution in [0.5, 0.6) is 5.75 Å². The maximum absolute atomic E-state index is 5.94. The van der Waals surface area contributed by atoms with E-state index in [-0.39, 0.29) is 30.1 Å².